The molecule has 1 aromatic rings. The lowest BCUT2D eigenvalue weighted by Gasteiger charge is -2.16. The first-order valence-electron chi connectivity index (χ1n) is 7.22. The van der Waals surface area contributed by atoms with Crippen LogP contribution in [0.25, 0.3) is 0 Å². The largest absolute Gasteiger partial charge is 0.398 e. The Labute approximate surface area is 116 Å². The van der Waals surface area contributed by atoms with E-state index < -0.39 is 0 Å². The molecule has 3 nitrogen and oxygen atoms in total. The third kappa shape index (κ3) is 4.93. The van der Waals surface area contributed by atoms with Crippen LogP contribution in [0.1, 0.15) is 56.8 Å². The minimum atomic E-state index is 0.0131. The number of nitrogens with two attached hydrogens (primary N) is 1. The molecule has 3 N–H and O–H groups in total. The van der Waals surface area contributed by atoms with Crippen LogP contribution < -0.4 is 11.1 Å². The molecule has 0 aliphatic rings. The summed E-state index contributed by atoms with van der Waals surface area (Å²) in [6.07, 6.45) is 4.96. The molecule has 1 unspecified atom stereocenters. The summed E-state index contributed by atoms with van der Waals surface area (Å²) in [6.45, 7) is 6.95. The normalized spacial score (nSPS) is 12.2. The fourth-order valence-electron chi connectivity index (χ4n) is 2.18. The highest BCUT2D eigenvalue weighted by Crippen LogP contribution is 2.20. The van der Waals surface area contributed by atoms with Crippen LogP contribution in [-0.4, -0.2) is 12.3 Å². The highest BCUT2D eigenvalue weighted by molar-refractivity contribution is 5.99. The molecular formula is C16H26N2O. The molecule has 1 rings (SSSR count). The molecule has 0 saturated heterocycles. The van der Waals surface area contributed by atoms with E-state index in [4.69, 9.17) is 5.73 Å². The molecule has 0 bridgehead atoms. The summed E-state index contributed by atoms with van der Waals surface area (Å²) in [6, 6.07) is 5.59. The standard InChI is InChI=1S/C16H26N2O/c1-4-6-7-13(5-2)11-18-14-8-9-16(17)15(10-14)12(3)19/h8-10,13,18H,4-7,11,17H2,1-3H3. The summed E-state index contributed by atoms with van der Waals surface area (Å²) in [5.41, 5.74) is 7.93. The second-order valence-electron chi connectivity index (χ2n) is 5.16. The summed E-state index contributed by atoms with van der Waals surface area (Å²) in [5, 5.41) is 3.42. The third-order valence-corrected chi connectivity index (χ3v) is 3.57. The second-order valence-corrected chi connectivity index (χ2v) is 5.16. The van der Waals surface area contributed by atoms with Crippen LogP contribution in [0.2, 0.25) is 0 Å². The molecule has 19 heavy (non-hydrogen) atoms. The van der Waals surface area contributed by atoms with Gasteiger partial charge >= 0.3 is 0 Å². The first kappa shape index (κ1) is 15.5. The Morgan fingerprint density at radius 1 is 1.37 bits per heavy atom. The van der Waals surface area contributed by atoms with Gasteiger partial charge in [0, 0.05) is 23.5 Å². The first-order chi connectivity index (χ1) is 9.08. The monoisotopic (exact) mass is 262 g/mol. The van der Waals surface area contributed by atoms with Gasteiger partial charge in [0.2, 0.25) is 0 Å². The van der Waals surface area contributed by atoms with Crippen molar-refractivity contribution in [2.75, 3.05) is 17.6 Å². The lowest BCUT2D eigenvalue weighted by atomic mass is 9.99. The Kier molecular flexibility index (Phi) is 6.40. The highest BCUT2D eigenvalue weighted by atomic mass is 16.1. The van der Waals surface area contributed by atoms with Crippen LogP contribution in [0.3, 0.4) is 0 Å². The number of carbonyl (C=O) groups is 1. The van der Waals surface area contributed by atoms with Gasteiger partial charge in [0.25, 0.3) is 0 Å². The van der Waals surface area contributed by atoms with Crippen LogP contribution >= 0.6 is 0 Å². The SMILES string of the molecule is CCCCC(CC)CNc1ccc(N)c(C(C)=O)c1. The smallest absolute Gasteiger partial charge is 0.161 e. The summed E-state index contributed by atoms with van der Waals surface area (Å²) in [7, 11) is 0. The summed E-state index contributed by atoms with van der Waals surface area (Å²) in [4.78, 5) is 11.4. The lowest BCUT2D eigenvalue weighted by Crippen LogP contribution is -2.14. The number of nitrogens with one attached hydrogen (secondary N) is 1. The zero-order valence-electron chi connectivity index (χ0n) is 12.3. The molecule has 0 saturated carbocycles. The fraction of sp³-hybridized carbons (Fsp3) is 0.562. The van der Waals surface area contributed by atoms with E-state index in [1.54, 1.807) is 13.0 Å². The Hall–Kier alpha value is -1.51. The maximum Gasteiger partial charge on any atom is 0.161 e. The number of Topliss-reactive ketones (excluding diaryl/α,β-unsaturated/α-hetero) is 1. The van der Waals surface area contributed by atoms with Crippen LogP contribution in [0.4, 0.5) is 11.4 Å². The molecule has 0 radical (unpaired) electrons. The predicted octanol–water partition coefficient (Wildman–Crippen LogP) is 4.10. The van der Waals surface area contributed by atoms with Gasteiger partial charge in [-0.05, 0) is 37.5 Å². The molecule has 0 heterocycles. The van der Waals surface area contributed by atoms with Gasteiger partial charge in [0.1, 0.15) is 0 Å². The van der Waals surface area contributed by atoms with E-state index in [1.165, 1.54) is 25.7 Å². The van der Waals surface area contributed by atoms with Crippen LogP contribution in [0.5, 0.6) is 0 Å². The number of hydrogen-bond acceptors (Lipinski definition) is 3. The van der Waals surface area contributed by atoms with Gasteiger partial charge in [0.15, 0.2) is 5.78 Å². The van der Waals surface area contributed by atoms with E-state index in [1.807, 2.05) is 12.1 Å². The van der Waals surface area contributed by atoms with Crippen LogP contribution in [-0.2, 0) is 0 Å². The Bertz CT molecular complexity index is 415. The minimum Gasteiger partial charge on any atom is -0.398 e. The average Bonchev–Trinajstić information content (AvgIpc) is 2.40. The van der Waals surface area contributed by atoms with E-state index in [0.717, 1.165) is 12.2 Å². The van der Waals surface area contributed by atoms with Crippen molar-refractivity contribution in [2.24, 2.45) is 5.92 Å². The van der Waals surface area contributed by atoms with Crippen molar-refractivity contribution in [1.82, 2.24) is 0 Å². The number of rotatable bonds is 8. The molecule has 1 atom stereocenters. The summed E-state index contributed by atoms with van der Waals surface area (Å²) in [5.74, 6) is 0.706. The van der Waals surface area contributed by atoms with Crippen molar-refractivity contribution in [1.29, 1.82) is 0 Å². The summed E-state index contributed by atoms with van der Waals surface area (Å²) >= 11 is 0. The van der Waals surface area contributed by atoms with Crippen molar-refractivity contribution in [3.63, 3.8) is 0 Å². The molecule has 0 aliphatic heterocycles. The van der Waals surface area contributed by atoms with Gasteiger partial charge in [-0.15, -0.1) is 0 Å². The van der Waals surface area contributed by atoms with Gasteiger partial charge in [0.05, 0.1) is 0 Å². The average molecular weight is 262 g/mol. The Morgan fingerprint density at radius 2 is 2.11 bits per heavy atom. The van der Waals surface area contributed by atoms with Gasteiger partial charge < -0.3 is 11.1 Å². The van der Waals surface area contributed by atoms with Gasteiger partial charge in [-0.3, -0.25) is 4.79 Å². The number of nitrogen functional groups attached to an aromatic ring is 1. The van der Waals surface area contributed by atoms with E-state index in [2.05, 4.69) is 19.2 Å². The number of unbranched alkanes of at least 4 members (excludes halogenated alkanes) is 1. The quantitative estimate of drug-likeness (QED) is 0.548. The third-order valence-electron chi connectivity index (χ3n) is 3.57. The molecule has 0 amide bonds. The van der Waals surface area contributed by atoms with Crippen molar-refractivity contribution >= 4 is 17.2 Å². The predicted molar refractivity (Wildman–Crippen MR) is 82.7 cm³/mol. The zero-order chi connectivity index (χ0) is 14.3. The molecule has 3 heteroatoms. The lowest BCUT2D eigenvalue weighted by molar-refractivity contribution is 0.101. The van der Waals surface area contributed by atoms with E-state index in [0.29, 0.717) is 17.2 Å². The topological polar surface area (TPSA) is 55.1 Å². The van der Waals surface area contributed by atoms with E-state index in [-0.39, 0.29) is 5.78 Å². The van der Waals surface area contributed by atoms with Crippen molar-refractivity contribution < 1.29 is 4.79 Å². The Balaban J connectivity index is 2.61. The zero-order valence-corrected chi connectivity index (χ0v) is 12.3. The van der Waals surface area contributed by atoms with E-state index >= 15 is 0 Å². The maximum absolute atomic E-state index is 11.4. The second kappa shape index (κ2) is 7.82. The van der Waals surface area contributed by atoms with Crippen LogP contribution in [0, 0.1) is 5.92 Å². The van der Waals surface area contributed by atoms with Gasteiger partial charge in [-0.2, -0.15) is 0 Å². The molecule has 0 aromatic heterocycles. The molecule has 0 aliphatic carbocycles. The molecule has 0 spiro atoms. The number of anilines is 2. The molecular weight excluding hydrogens is 236 g/mol. The van der Waals surface area contributed by atoms with Gasteiger partial charge in [-0.1, -0.05) is 33.1 Å². The highest BCUT2D eigenvalue weighted by Gasteiger charge is 2.08. The van der Waals surface area contributed by atoms with Crippen LogP contribution in [0.15, 0.2) is 18.2 Å². The number of carbonyl (C=O) groups excluding carboxylic acids is 1. The number of benzene rings is 1. The molecule has 1 aromatic carbocycles. The number of hydrogen-bond donors (Lipinski definition) is 2. The Morgan fingerprint density at radius 3 is 2.68 bits per heavy atom. The number of ketones is 1. The van der Waals surface area contributed by atoms with Crippen molar-refractivity contribution in [3.05, 3.63) is 23.8 Å². The first-order valence-corrected chi connectivity index (χ1v) is 7.22. The van der Waals surface area contributed by atoms with Crippen molar-refractivity contribution in [2.45, 2.75) is 46.5 Å². The molecule has 106 valence electrons. The fourth-order valence-corrected chi connectivity index (χ4v) is 2.18. The molecule has 0 fully saturated rings. The van der Waals surface area contributed by atoms with Gasteiger partial charge in [-0.25, -0.2) is 0 Å². The minimum absolute atomic E-state index is 0.0131. The van der Waals surface area contributed by atoms with E-state index in [9.17, 15) is 4.79 Å². The van der Waals surface area contributed by atoms with Crippen molar-refractivity contribution in [3.8, 4) is 0 Å². The summed E-state index contributed by atoms with van der Waals surface area (Å²) < 4.78 is 0. The maximum atomic E-state index is 11.4.